The van der Waals surface area contributed by atoms with Crippen LogP contribution in [0.5, 0.6) is 0 Å². The fourth-order valence-electron chi connectivity index (χ4n) is 2.35. The van der Waals surface area contributed by atoms with Gasteiger partial charge in [-0.25, -0.2) is 0 Å². The Balaban J connectivity index is 2.10. The highest BCUT2D eigenvalue weighted by Gasteiger charge is 2.06. The Kier molecular flexibility index (Phi) is 4.99. The molecule has 0 aliphatic heterocycles. The van der Waals surface area contributed by atoms with Crippen LogP contribution < -0.4 is 10.6 Å². The van der Waals surface area contributed by atoms with Crippen molar-refractivity contribution in [2.24, 2.45) is 0 Å². The van der Waals surface area contributed by atoms with Gasteiger partial charge in [0.15, 0.2) is 0 Å². The topological polar surface area (TPSA) is 41.1 Å². The number of anilines is 1. The number of nitrogens with one attached hydrogen (secondary N) is 2. The lowest BCUT2D eigenvalue weighted by molar-refractivity contribution is 0.0956. The van der Waals surface area contributed by atoms with Gasteiger partial charge in [-0.1, -0.05) is 24.3 Å². The van der Waals surface area contributed by atoms with E-state index in [1.807, 2.05) is 31.2 Å². The van der Waals surface area contributed by atoms with E-state index in [9.17, 15) is 4.79 Å². The number of carbonyl (C=O) groups is 1. The molecule has 2 N–H and O–H groups in total. The van der Waals surface area contributed by atoms with Crippen LogP contribution in [0.25, 0.3) is 0 Å². The van der Waals surface area contributed by atoms with Gasteiger partial charge in [-0.15, -0.1) is 0 Å². The number of benzene rings is 2. The molecule has 0 heterocycles. The van der Waals surface area contributed by atoms with Crippen LogP contribution in [0.15, 0.2) is 42.5 Å². The van der Waals surface area contributed by atoms with Crippen LogP contribution in [0.2, 0.25) is 0 Å². The minimum absolute atomic E-state index is 0.0341. The van der Waals surface area contributed by atoms with Gasteiger partial charge in [-0.05, 0) is 55.7 Å². The molecule has 3 heteroatoms. The Morgan fingerprint density at radius 3 is 2.38 bits per heavy atom. The summed E-state index contributed by atoms with van der Waals surface area (Å²) >= 11 is 0. The highest BCUT2D eigenvalue weighted by molar-refractivity contribution is 5.95. The zero-order valence-corrected chi connectivity index (χ0v) is 12.9. The van der Waals surface area contributed by atoms with Crippen molar-refractivity contribution >= 4 is 11.6 Å². The molecule has 2 aromatic carbocycles. The third kappa shape index (κ3) is 3.85. The van der Waals surface area contributed by atoms with Gasteiger partial charge < -0.3 is 10.6 Å². The number of hydrogen-bond donors (Lipinski definition) is 2. The van der Waals surface area contributed by atoms with Crippen LogP contribution in [0.4, 0.5) is 5.69 Å². The van der Waals surface area contributed by atoms with E-state index in [0.29, 0.717) is 12.1 Å². The molecule has 2 aromatic rings. The Morgan fingerprint density at radius 1 is 1.05 bits per heavy atom. The molecule has 0 aromatic heterocycles. The van der Waals surface area contributed by atoms with E-state index in [1.54, 1.807) is 0 Å². The van der Waals surface area contributed by atoms with Gasteiger partial charge in [0.25, 0.3) is 5.91 Å². The molecule has 0 aliphatic carbocycles. The Bertz CT molecular complexity index is 615. The monoisotopic (exact) mass is 282 g/mol. The predicted octanol–water partition coefficient (Wildman–Crippen LogP) is 3.67. The molecule has 3 nitrogen and oxygen atoms in total. The van der Waals surface area contributed by atoms with E-state index in [1.165, 1.54) is 16.7 Å². The number of amides is 1. The molecular formula is C18H22N2O. The van der Waals surface area contributed by atoms with Crippen molar-refractivity contribution < 1.29 is 4.79 Å². The fraction of sp³-hybridized carbons (Fsp3) is 0.278. The zero-order valence-electron chi connectivity index (χ0n) is 12.9. The maximum absolute atomic E-state index is 11.8. The summed E-state index contributed by atoms with van der Waals surface area (Å²) in [5.41, 5.74) is 5.51. The summed E-state index contributed by atoms with van der Waals surface area (Å²) in [6, 6.07) is 13.9. The summed E-state index contributed by atoms with van der Waals surface area (Å²) in [4.78, 5) is 11.8. The molecule has 21 heavy (non-hydrogen) atoms. The highest BCUT2D eigenvalue weighted by Crippen LogP contribution is 2.17. The average molecular weight is 282 g/mol. The Hall–Kier alpha value is -2.29. The van der Waals surface area contributed by atoms with Gasteiger partial charge in [0.1, 0.15) is 0 Å². The largest absolute Gasteiger partial charge is 0.381 e. The number of carbonyl (C=O) groups excluding carboxylic acids is 1. The van der Waals surface area contributed by atoms with Crippen LogP contribution in [0, 0.1) is 13.8 Å². The number of rotatable bonds is 5. The summed E-state index contributed by atoms with van der Waals surface area (Å²) in [7, 11) is 0. The van der Waals surface area contributed by atoms with Crippen LogP contribution >= 0.6 is 0 Å². The first kappa shape index (κ1) is 15.1. The molecule has 110 valence electrons. The average Bonchev–Trinajstić information content (AvgIpc) is 2.47. The van der Waals surface area contributed by atoms with Gasteiger partial charge in [-0.2, -0.15) is 0 Å². The van der Waals surface area contributed by atoms with Crippen LogP contribution in [0.3, 0.4) is 0 Å². The van der Waals surface area contributed by atoms with Gasteiger partial charge in [0.2, 0.25) is 0 Å². The van der Waals surface area contributed by atoms with Crippen molar-refractivity contribution in [3.05, 3.63) is 64.7 Å². The summed E-state index contributed by atoms with van der Waals surface area (Å²) in [5, 5.41) is 6.21. The molecule has 0 spiro atoms. The van der Waals surface area contributed by atoms with E-state index >= 15 is 0 Å². The van der Waals surface area contributed by atoms with E-state index in [4.69, 9.17) is 0 Å². The van der Waals surface area contributed by atoms with Gasteiger partial charge in [0.05, 0.1) is 0 Å². The lowest BCUT2D eigenvalue weighted by atomic mass is 10.0. The SMILES string of the molecule is CCNC(=O)c1cccc(NCc2c(C)cccc2C)c1. The molecular weight excluding hydrogens is 260 g/mol. The maximum Gasteiger partial charge on any atom is 0.251 e. The van der Waals surface area contributed by atoms with Crippen molar-refractivity contribution in [3.63, 3.8) is 0 Å². The summed E-state index contributed by atoms with van der Waals surface area (Å²) in [6.45, 7) is 7.56. The number of aryl methyl sites for hydroxylation is 2. The quantitative estimate of drug-likeness (QED) is 0.878. The molecule has 0 atom stereocenters. The normalized spacial score (nSPS) is 10.2. The van der Waals surface area contributed by atoms with E-state index in [0.717, 1.165) is 12.2 Å². The summed E-state index contributed by atoms with van der Waals surface area (Å²) in [5.74, 6) is -0.0341. The molecule has 0 saturated carbocycles. The predicted molar refractivity (Wildman–Crippen MR) is 87.7 cm³/mol. The lowest BCUT2D eigenvalue weighted by Crippen LogP contribution is -2.22. The van der Waals surface area contributed by atoms with Crippen molar-refractivity contribution in [1.82, 2.24) is 5.32 Å². The van der Waals surface area contributed by atoms with Gasteiger partial charge >= 0.3 is 0 Å². The second-order valence-corrected chi connectivity index (χ2v) is 5.16. The van der Waals surface area contributed by atoms with Gasteiger partial charge in [-0.3, -0.25) is 4.79 Å². The van der Waals surface area contributed by atoms with Crippen LogP contribution in [-0.4, -0.2) is 12.5 Å². The second kappa shape index (κ2) is 6.93. The molecule has 0 bridgehead atoms. The first-order valence-electron chi connectivity index (χ1n) is 7.29. The first-order chi connectivity index (χ1) is 10.1. The van der Waals surface area contributed by atoms with Gasteiger partial charge in [0, 0.05) is 24.3 Å². The number of hydrogen-bond acceptors (Lipinski definition) is 2. The van der Waals surface area contributed by atoms with Crippen molar-refractivity contribution in [3.8, 4) is 0 Å². The first-order valence-corrected chi connectivity index (χ1v) is 7.29. The van der Waals surface area contributed by atoms with E-state index in [2.05, 4.69) is 42.7 Å². The molecule has 0 radical (unpaired) electrons. The van der Waals surface area contributed by atoms with Crippen molar-refractivity contribution in [2.75, 3.05) is 11.9 Å². The second-order valence-electron chi connectivity index (χ2n) is 5.16. The molecule has 0 aliphatic rings. The maximum atomic E-state index is 11.8. The summed E-state index contributed by atoms with van der Waals surface area (Å²) in [6.07, 6.45) is 0. The van der Waals surface area contributed by atoms with E-state index in [-0.39, 0.29) is 5.91 Å². The molecule has 1 amide bonds. The summed E-state index contributed by atoms with van der Waals surface area (Å²) < 4.78 is 0. The zero-order chi connectivity index (χ0) is 15.2. The standard InChI is InChI=1S/C18H22N2O/c1-4-19-18(21)15-9-6-10-16(11-15)20-12-17-13(2)7-5-8-14(17)3/h5-11,20H,4,12H2,1-3H3,(H,19,21). The molecule has 0 unspecified atom stereocenters. The van der Waals surface area contributed by atoms with Crippen LogP contribution in [0.1, 0.15) is 34.0 Å². The third-order valence-corrected chi connectivity index (χ3v) is 3.58. The Morgan fingerprint density at radius 2 is 1.71 bits per heavy atom. The minimum atomic E-state index is -0.0341. The van der Waals surface area contributed by atoms with Crippen molar-refractivity contribution in [2.45, 2.75) is 27.3 Å². The van der Waals surface area contributed by atoms with Crippen molar-refractivity contribution in [1.29, 1.82) is 0 Å². The molecule has 2 rings (SSSR count). The fourth-order valence-corrected chi connectivity index (χ4v) is 2.35. The highest BCUT2D eigenvalue weighted by atomic mass is 16.1. The third-order valence-electron chi connectivity index (χ3n) is 3.58. The molecule has 0 fully saturated rings. The van der Waals surface area contributed by atoms with Crippen LogP contribution in [-0.2, 0) is 6.54 Å². The smallest absolute Gasteiger partial charge is 0.251 e. The minimum Gasteiger partial charge on any atom is -0.381 e. The Labute approximate surface area is 126 Å². The van der Waals surface area contributed by atoms with E-state index < -0.39 is 0 Å². The lowest BCUT2D eigenvalue weighted by Gasteiger charge is -2.12. The molecule has 0 saturated heterocycles.